The molecule has 0 aliphatic rings. The van der Waals surface area contributed by atoms with E-state index >= 15 is 0 Å². The van der Waals surface area contributed by atoms with E-state index in [0.717, 1.165) is 5.56 Å². The van der Waals surface area contributed by atoms with Gasteiger partial charge in [0, 0.05) is 13.0 Å². The van der Waals surface area contributed by atoms with Crippen LogP contribution in [0.4, 0.5) is 5.82 Å². The second-order valence-corrected chi connectivity index (χ2v) is 3.68. The Labute approximate surface area is 100 Å². The number of nitrogens with zero attached hydrogens (tertiary/aromatic N) is 2. The van der Waals surface area contributed by atoms with Crippen molar-refractivity contribution in [2.75, 3.05) is 19.0 Å². The Kier molecular flexibility index (Phi) is 4.68. The Morgan fingerprint density at radius 3 is 2.71 bits per heavy atom. The zero-order valence-corrected chi connectivity index (χ0v) is 10.3. The molecule has 1 aromatic rings. The summed E-state index contributed by atoms with van der Waals surface area (Å²) in [7, 11) is 1.56. The van der Waals surface area contributed by atoms with Crippen molar-refractivity contribution in [2.24, 2.45) is 0 Å². The molecule has 0 saturated heterocycles. The van der Waals surface area contributed by atoms with Crippen molar-refractivity contribution in [3.63, 3.8) is 0 Å². The van der Waals surface area contributed by atoms with Crippen molar-refractivity contribution < 1.29 is 14.6 Å². The Bertz CT molecular complexity index is 407. The highest BCUT2D eigenvalue weighted by Crippen LogP contribution is 2.21. The lowest BCUT2D eigenvalue weighted by atomic mass is 10.3. The number of aliphatic carboxylic acids is 1. The van der Waals surface area contributed by atoms with E-state index in [-0.39, 0.29) is 6.42 Å². The summed E-state index contributed by atoms with van der Waals surface area (Å²) in [6.07, 6.45) is 0.702. The van der Waals surface area contributed by atoms with Crippen LogP contribution in [0.2, 0.25) is 0 Å². The highest BCUT2D eigenvalue weighted by molar-refractivity contribution is 5.66. The molecule has 6 heteroatoms. The molecule has 0 aliphatic heterocycles. The third-order valence-electron chi connectivity index (χ3n) is 2.27. The van der Waals surface area contributed by atoms with Gasteiger partial charge in [0.25, 0.3) is 0 Å². The van der Waals surface area contributed by atoms with Gasteiger partial charge in [-0.15, -0.1) is 0 Å². The lowest BCUT2D eigenvalue weighted by Gasteiger charge is -2.11. The average Bonchev–Trinajstić information content (AvgIpc) is 2.28. The maximum absolute atomic E-state index is 10.4. The van der Waals surface area contributed by atoms with E-state index in [9.17, 15) is 4.79 Å². The first-order chi connectivity index (χ1) is 8.04. The monoisotopic (exact) mass is 239 g/mol. The quantitative estimate of drug-likeness (QED) is 0.729. The topological polar surface area (TPSA) is 84.3 Å². The fourth-order valence-electron chi connectivity index (χ4n) is 1.42. The zero-order chi connectivity index (χ0) is 12.8. The molecule has 0 bridgehead atoms. The van der Waals surface area contributed by atoms with Gasteiger partial charge in [-0.05, 0) is 20.3 Å². The number of carbonyl (C=O) groups is 1. The van der Waals surface area contributed by atoms with Crippen LogP contribution in [0.25, 0.3) is 0 Å². The van der Waals surface area contributed by atoms with Gasteiger partial charge in [0.2, 0.25) is 5.88 Å². The van der Waals surface area contributed by atoms with Crippen LogP contribution >= 0.6 is 0 Å². The van der Waals surface area contributed by atoms with Crippen LogP contribution in [-0.4, -0.2) is 34.7 Å². The van der Waals surface area contributed by atoms with E-state index < -0.39 is 5.97 Å². The highest BCUT2D eigenvalue weighted by Gasteiger charge is 2.08. The molecule has 0 aromatic carbocycles. The molecule has 2 N–H and O–H groups in total. The minimum absolute atomic E-state index is 0.146. The molecule has 0 spiro atoms. The molecular formula is C11H17N3O3. The summed E-state index contributed by atoms with van der Waals surface area (Å²) in [6.45, 7) is 4.20. The van der Waals surface area contributed by atoms with Gasteiger partial charge < -0.3 is 15.2 Å². The molecular weight excluding hydrogens is 222 g/mol. The maximum atomic E-state index is 10.4. The molecule has 6 nitrogen and oxygen atoms in total. The third-order valence-corrected chi connectivity index (χ3v) is 2.27. The van der Waals surface area contributed by atoms with E-state index in [4.69, 9.17) is 9.84 Å². The Hall–Kier alpha value is -1.85. The van der Waals surface area contributed by atoms with Crippen molar-refractivity contribution in [1.29, 1.82) is 0 Å². The van der Waals surface area contributed by atoms with Crippen LogP contribution in [0, 0.1) is 13.8 Å². The Morgan fingerprint density at radius 1 is 1.41 bits per heavy atom. The van der Waals surface area contributed by atoms with Crippen LogP contribution in [0.1, 0.15) is 24.2 Å². The van der Waals surface area contributed by atoms with Crippen LogP contribution in [0.15, 0.2) is 0 Å². The lowest BCUT2D eigenvalue weighted by Crippen LogP contribution is -2.09. The molecule has 1 rings (SSSR count). The summed E-state index contributed by atoms with van der Waals surface area (Å²) >= 11 is 0. The van der Waals surface area contributed by atoms with Gasteiger partial charge in [0.1, 0.15) is 11.6 Å². The summed E-state index contributed by atoms with van der Waals surface area (Å²) in [5, 5.41) is 11.6. The van der Waals surface area contributed by atoms with Crippen LogP contribution in [-0.2, 0) is 4.79 Å². The second-order valence-electron chi connectivity index (χ2n) is 3.68. The number of hydrogen-bond donors (Lipinski definition) is 2. The van der Waals surface area contributed by atoms with Gasteiger partial charge in [-0.25, -0.2) is 4.98 Å². The van der Waals surface area contributed by atoms with Gasteiger partial charge in [-0.3, -0.25) is 4.79 Å². The second kappa shape index (κ2) is 6.03. The first-order valence-electron chi connectivity index (χ1n) is 5.39. The van der Waals surface area contributed by atoms with Crippen LogP contribution < -0.4 is 10.1 Å². The van der Waals surface area contributed by atoms with Crippen LogP contribution in [0.5, 0.6) is 5.88 Å². The number of methoxy groups -OCH3 is 1. The van der Waals surface area contributed by atoms with Gasteiger partial charge in [0.05, 0.1) is 12.7 Å². The number of aryl methyl sites for hydroxylation is 1. The maximum Gasteiger partial charge on any atom is 0.303 e. The summed E-state index contributed by atoms with van der Waals surface area (Å²) in [6, 6.07) is 0. The number of carboxylic acid groups (broad SMARTS) is 1. The standard InChI is InChI=1S/C11H17N3O3/c1-7-10(12-6-4-5-9(15)16)13-8(2)14-11(7)17-3/h4-6H2,1-3H3,(H,15,16)(H,12,13,14). The van der Waals surface area contributed by atoms with Crippen molar-refractivity contribution in [2.45, 2.75) is 26.7 Å². The molecule has 1 heterocycles. The van der Waals surface area contributed by atoms with E-state index in [1.54, 1.807) is 14.0 Å². The van der Waals surface area contributed by atoms with Crippen molar-refractivity contribution in [3.8, 4) is 5.88 Å². The fourth-order valence-corrected chi connectivity index (χ4v) is 1.42. The number of rotatable bonds is 6. The first-order valence-corrected chi connectivity index (χ1v) is 5.39. The van der Waals surface area contributed by atoms with Gasteiger partial charge in [-0.2, -0.15) is 4.98 Å². The molecule has 0 fully saturated rings. The first kappa shape index (κ1) is 13.2. The molecule has 0 saturated carbocycles. The van der Waals surface area contributed by atoms with Gasteiger partial charge in [0.15, 0.2) is 0 Å². The van der Waals surface area contributed by atoms with E-state index in [2.05, 4.69) is 15.3 Å². The smallest absolute Gasteiger partial charge is 0.303 e. The number of nitrogens with one attached hydrogen (secondary N) is 1. The molecule has 0 aliphatic carbocycles. The molecule has 0 radical (unpaired) electrons. The predicted octanol–water partition coefficient (Wildman–Crippen LogP) is 1.38. The van der Waals surface area contributed by atoms with Crippen molar-refractivity contribution in [1.82, 2.24) is 9.97 Å². The highest BCUT2D eigenvalue weighted by atomic mass is 16.5. The van der Waals surface area contributed by atoms with E-state index in [0.29, 0.717) is 30.5 Å². The summed E-state index contributed by atoms with van der Waals surface area (Å²) in [5.41, 5.74) is 0.827. The zero-order valence-electron chi connectivity index (χ0n) is 10.3. The minimum atomic E-state index is -0.792. The molecule has 94 valence electrons. The molecule has 0 atom stereocenters. The SMILES string of the molecule is COc1nc(C)nc(NCCCC(=O)O)c1C. The molecule has 1 aromatic heterocycles. The van der Waals surface area contributed by atoms with Gasteiger partial charge >= 0.3 is 5.97 Å². The predicted molar refractivity (Wildman–Crippen MR) is 63.4 cm³/mol. The molecule has 0 unspecified atom stereocenters. The number of aromatic nitrogens is 2. The van der Waals surface area contributed by atoms with Crippen molar-refractivity contribution in [3.05, 3.63) is 11.4 Å². The molecule has 17 heavy (non-hydrogen) atoms. The summed E-state index contributed by atoms with van der Waals surface area (Å²) < 4.78 is 5.13. The van der Waals surface area contributed by atoms with Gasteiger partial charge in [-0.1, -0.05) is 0 Å². The number of ether oxygens (including phenoxy) is 1. The number of hydrogen-bond acceptors (Lipinski definition) is 5. The minimum Gasteiger partial charge on any atom is -0.481 e. The van der Waals surface area contributed by atoms with Crippen molar-refractivity contribution >= 4 is 11.8 Å². The largest absolute Gasteiger partial charge is 0.481 e. The Morgan fingerprint density at radius 2 is 2.12 bits per heavy atom. The normalized spacial score (nSPS) is 10.1. The van der Waals surface area contributed by atoms with Crippen LogP contribution in [0.3, 0.4) is 0 Å². The Balaban J connectivity index is 2.64. The van der Waals surface area contributed by atoms with E-state index in [1.807, 2.05) is 6.92 Å². The lowest BCUT2D eigenvalue weighted by molar-refractivity contribution is -0.137. The third kappa shape index (κ3) is 3.90. The number of anilines is 1. The fraction of sp³-hybridized carbons (Fsp3) is 0.545. The summed E-state index contributed by atoms with van der Waals surface area (Å²) in [4.78, 5) is 18.7. The number of carboxylic acids is 1. The van der Waals surface area contributed by atoms with E-state index in [1.165, 1.54) is 0 Å². The average molecular weight is 239 g/mol. The molecule has 0 amide bonds. The summed E-state index contributed by atoms with van der Waals surface area (Å²) in [5.74, 6) is 1.06.